The number of carbonyl (C=O) groups is 3. The zero-order valence-corrected chi connectivity index (χ0v) is 20.0. The van der Waals surface area contributed by atoms with Gasteiger partial charge in [-0.2, -0.15) is 0 Å². The number of hydrogen-bond acceptors (Lipinski definition) is 8. The van der Waals surface area contributed by atoms with Gasteiger partial charge in [0.1, 0.15) is 18.1 Å². The normalized spacial score (nSPS) is 12.5. The van der Waals surface area contributed by atoms with Crippen LogP contribution in [0.5, 0.6) is 5.75 Å². The van der Waals surface area contributed by atoms with Gasteiger partial charge in [0.2, 0.25) is 5.28 Å². The molecule has 0 N–H and O–H groups in total. The van der Waals surface area contributed by atoms with E-state index >= 15 is 0 Å². The quantitative estimate of drug-likeness (QED) is 0.253. The Morgan fingerprint density at radius 1 is 1.09 bits per heavy atom. The third-order valence-electron chi connectivity index (χ3n) is 5.45. The van der Waals surface area contributed by atoms with Gasteiger partial charge in [0.25, 0.3) is 11.8 Å². The number of methoxy groups -OCH3 is 1. The first-order chi connectivity index (χ1) is 16.9. The van der Waals surface area contributed by atoms with Crippen LogP contribution in [0.25, 0.3) is 0 Å². The van der Waals surface area contributed by atoms with E-state index in [1.54, 1.807) is 43.2 Å². The highest BCUT2D eigenvalue weighted by atomic mass is 35.5. The minimum atomic E-state index is -0.461. The number of halogens is 1. The molecule has 0 radical (unpaired) electrons. The van der Waals surface area contributed by atoms with Crippen LogP contribution in [0.2, 0.25) is 5.28 Å². The smallest absolute Gasteiger partial charge is 0.325 e. The fourth-order valence-electron chi connectivity index (χ4n) is 3.87. The van der Waals surface area contributed by atoms with Crippen molar-refractivity contribution in [2.75, 3.05) is 25.2 Å². The first-order valence-electron chi connectivity index (χ1n) is 10.9. The van der Waals surface area contributed by atoms with E-state index in [0.29, 0.717) is 28.3 Å². The minimum absolute atomic E-state index is 0.0365. The van der Waals surface area contributed by atoms with Crippen LogP contribution in [0.3, 0.4) is 0 Å². The molecule has 9 nitrogen and oxygen atoms in total. The van der Waals surface area contributed by atoms with Crippen molar-refractivity contribution in [3.63, 3.8) is 0 Å². The number of nitrogens with zero attached hydrogens (tertiary/aromatic N) is 4. The monoisotopic (exact) mass is 494 g/mol. The summed E-state index contributed by atoms with van der Waals surface area (Å²) in [7, 11) is 1.57. The Bertz CT molecular complexity index is 1250. The molecule has 0 saturated heterocycles. The number of ether oxygens (including phenoxy) is 2. The van der Waals surface area contributed by atoms with Crippen LogP contribution in [-0.4, -0.2) is 52.9 Å². The Hall–Kier alpha value is -3.98. The molecule has 0 saturated carbocycles. The summed E-state index contributed by atoms with van der Waals surface area (Å²) in [6.45, 7) is 1.99. The molecule has 1 aromatic heterocycles. The van der Waals surface area contributed by atoms with E-state index in [1.807, 2.05) is 24.3 Å². The van der Waals surface area contributed by atoms with Crippen molar-refractivity contribution < 1.29 is 23.9 Å². The van der Waals surface area contributed by atoms with Crippen molar-refractivity contribution in [3.8, 4) is 5.75 Å². The second kappa shape index (κ2) is 10.5. The van der Waals surface area contributed by atoms with E-state index in [4.69, 9.17) is 21.1 Å². The van der Waals surface area contributed by atoms with Gasteiger partial charge >= 0.3 is 5.97 Å². The average Bonchev–Trinajstić information content (AvgIpc) is 3.10. The summed E-state index contributed by atoms with van der Waals surface area (Å²) in [5, 5.41) is -0.0365. The third kappa shape index (κ3) is 5.25. The summed E-state index contributed by atoms with van der Waals surface area (Å²) in [5.41, 5.74) is 1.98. The molecule has 3 aromatic rings. The topological polar surface area (TPSA) is 102 Å². The average molecular weight is 495 g/mol. The van der Waals surface area contributed by atoms with Crippen molar-refractivity contribution in [3.05, 3.63) is 82.3 Å². The van der Waals surface area contributed by atoms with Crippen molar-refractivity contribution in [2.24, 2.45) is 0 Å². The van der Waals surface area contributed by atoms with Gasteiger partial charge in [0, 0.05) is 18.3 Å². The van der Waals surface area contributed by atoms with E-state index in [9.17, 15) is 14.4 Å². The summed E-state index contributed by atoms with van der Waals surface area (Å²) >= 11 is 6.12. The van der Waals surface area contributed by atoms with Crippen molar-refractivity contribution in [1.29, 1.82) is 0 Å². The molecule has 1 aliphatic heterocycles. The number of amides is 2. The van der Waals surface area contributed by atoms with Crippen LogP contribution >= 0.6 is 11.6 Å². The maximum absolute atomic E-state index is 12.9. The molecule has 180 valence electrons. The Morgan fingerprint density at radius 2 is 1.80 bits per heavy atom. The fraction of sp³-hybridized carbons (Fsp3) is 0.240. The number of anilines is 1. The van der Waals surface area contributed by atoms with Crippen LogP contribution in [0.1, 0.15) is 38.8 Å². The summed E-state index contributed by atoms with van der Waals surface area (Å²) in [5.74, 6) is -0.299. The predicted octanol–water partition coefficient (Wildman–Crippen LogP) is 3.50. The second-order valence-electron chi connectivity index (χ2n) is 7.74. The van der Waals surface area contributed by atoms with E-state index in [-0.39, 0.29) is 31.5 Å². The van der Waals surface area contributed by atoms with Gasteiger partial charge in [-0.3, -0.25) is 19.3 Å². The van der Waals surface area contributed by atoms with E-state index in [2.05, 4.69) is 9.97 Å². The molecule has 4 rings (SSSR count). The summed E-state index contributed by atoms with van der Waals surface area (Å²) in [4.78, 5) is 49.5. The Kier molecular flexibility index (Phi) is 7.26. The molecule has 2 heterocycles. The van der Waals surface area contributed by atoms with Gasteiger partial charge < -0.3 is 14.4 Å². The Labute approximate surface area is 207 Å². The molecule has 1 aliphatic rings. The van der Waals surface area contributed by atoms with Crippen LogP contribution in [0.15, 0.2) is 54.7 Å². The molecular formula is C25H23ClN4O5. The van der Waals surface area contributed by atoms with Crippen LogP contribution < -0.4 is 9.64 Å². The van der Waals surface area contributed by atoms with Gasteiger partial charge in [-0.05, 0) is 48.4 Å². The summed E-state index contributed by atoms with van der Waals surface area (Å²) in [6, 6.07) is 14.0. The lowest BCUT2D eigenvalue weighted by Gasteiger charge is -2.26. The van der Waals surface area contributed by atoms with Gasteiger partial charge in [0.15, 0.2) is 0 Å². The molecule has 0 fully saturated rings. The first-order valence-corrected chi connectivity index (χ1v) is 11.3. The molecule has 0 unspecified atom stereocenters. The zero-order chi connectivity index (χ0) is 24.9. The number of rotatable bonds is 9. The van der Waals surface area contributed by atoms with Crippen molar-refractivity contribution in [2.45, 2.75) is 20.0 Å². The van der Waals surface area contributed by atoms with Gasteiger partial charge in [0.05, 0.1) is 31.4 Å². The fourth-order valence-corrected chi connectivity index (χ4v) is 4.00. The number of benzene rings is 2. The first kappa shape index (κ1) is 24.2. The number of imide groups is 1. The van der Waals surface area contributed by atoms with Crippen LogP contribution in [0.4, 0.5) is 5.82 Å². The van der Waals surface area contributed by atoms with E-state index < -0.39 is 17.8 Å². The predicted molar refractivity (Wildman–Crippen MR) is 128 cm³/mol. The van der Waals surface area contributed by atoms with Crippen molar-refractivity contribution >= 4 is 35.2 Å². The number of esters is 1. The Morgan fingerprint density at radius 3 is 2.46 bits per heavy atom. The lowest BCUT2D eigenvalue weighted by molar-refractivity contribution is -0.141. The molecule has 0 spiro atoms. The number of aromatic nitrogens is 2. The Balaban J connectivity index is 1.69. The highest BCUT2D eigenvalue weighted by Crippen LogP contribution is 2.28. The largest absolute Gasteiger partial charge is 0.497 e. The lowest BCUT2D eigenvalue weighted by Crippen LogP contribution is -2.34. The van der Waals surface area contributed by atoms with Gasteiger partial charge in [-0.15, -0.1) is 0 Å². The lowest BCUT2D eigenvalue weighted by atomic mass is 10.1. The van der Waals surface area contributed by atoms with Crippen molar-refractivity contribution in [1.82, 2.24) is 14.9 Å². The molecule has 0 bridgehead atoms. The van der Waals surface area contributed by atoms with Crippen LogP contribution in [-0.2, 0) is 22.6 Å². The summed E-state index contributed by atoms with van der Waals surface area (Å²) < 4.78 is 10.5. The van der Waals surface area contributed by atoms with Gasteiger partial charge in [-0.25, -0.2) is 9.97 Å². The highest BCUT2D eigenvalue weighted by Gasteiger charge is 2.36. The molecule has 0 atom stereocenters. The molecule has 0 aliphatic carbocycles. The standard InChI is InChI=1S/C25H23ClN4O5/c1-3-35-21(31)15-29(13-16-7-6-8-18(11-16)34-2)22-17(12-27-25(26)28-22)14-30-23(32)19-9-4-5-10-20(19)24(30)33/h4-12H,3,13-15H2,1-2H3. The maximum Gasteiger partial charge on any atom is 0.325 e. The molecule has 35 heavy (non-hydrogen) atoms. The molecule has 2 aromatic carbocycles. The number of carbonyl (C=O) groups excluding carboxylic acids is 3. The maximum atomic E-state index is 12.9. The number of fused-ring (bicyclic) bond motifs is 1. The minimum Gasteiger partial charge on any atom is -0.497 e. The number of hydrogen-bond donors (Lipinski definition) is 0. The zero-order valence-electron chi connectivity index (χ0n) is 19.2. The van der Waals surface area contributed by atoms with E-state index in [1.165, 1.54) is 6.20 Å². The highest BCUT2D eigenvalue weighted by molar-refractivity contribution is 6.28. The SMILES string of the molecule is CCOC(=O)CN(Cc1cccc(OC)c1)c1nc(Cl)ncc1CN1C(=O)c2ccccc2C1=O. The van der Waals surface area contributed by atoms with E-state index in [0.717, 1.165) is 10.5 Å². The second-order valence-corrected chi connectivity index (χ2v) is 8.08. The molecular weight excluding hydrogens is 472 g/mol. The third-order valence-corrected chi connectivity index (χ3v) is 5.63. The summed E-state index contributed by atoms with van der Waals surface area (Å²) in [6.07, 6.45) is 1.46. The van der Waals surface area contributed by atoms with Crippen LogP contribution in [0, 0.1) is 0 Å². The van der Waals surface area contributed by atoms with Gasteiger partial charge in [-0.1, -0.05) is 24.3 Å². The molecule has 10 heteroatoms. The molecule has 2 amide bonds.